The second-order valence-electron chi connectivity index (χ2n) is 7.45. The van der Waals surface area contributed by atoms with Crippen LogP contribution >= 0.6 is 0 Å². The number of halogens is 2. The molecule has 1 aliphatic rings. The first-order valence-electron chi connectivity index (χ1n) is 9.91. The number of fused-ring (bicyclic) bond motifs is 1. The highest BCUT2D eigenvalue weighted by atomic mass is 19.1. The Bertz CT molecular complexity index is 1270. The Morgan fingerprint density at radius 2 is 1.81 bits per heavy atom. The predicted octanol–water partition coefficient (Wildman–Crippen LogP) is 4.41. The van der Waals surface area contributed by atoms with Gasteiger partial charge in [0.2, 0.25) is 0 Å². The lowest BCUT2D eigenvalue weighted by molar-refractivity contribution is 0.0734. The number of carbonyl (C=O) groups excluding carboxylic acids is 1. The second kappa shape index (κ2) is 7.75. The number of hydrogen-bond acceptors (Lipinski definition) is 3. The molecule has 4 aromatic rings. The van der Waals surface area contributed by atoms with Gasteiger partial charge in [-0.25, -0.2) is 13.5 Å². The zero-order valence-electron chi connectivity index (χ0n) is 16.5. The van der Waals surface area contributed by atoms with E-state index in [1.807, 2.05) is 17.0 Å². The molecule has 31 heavy (non-hydrogen) atoms. The Kier molecular flexibility index (Phi) is 4.78. The van der Waals surface area contributed by atoms with E-state index in [4.69, 9.17) is 0 Å². The molecule has 0 atom stereocenters. The van der Waals surface area contributed by atoms with Gasteiger partial charge < -0.3 is 4.90 Å². The number of aromatic nitrogens is 3. The van der Waals surface area contributed by atoms with Crippen molar-refractivity contribution >= 4 is 5.91 Å². The van der Waals surface area contributed by atoms with Gasteiger partial charge in [-0.1, -0.05) is 24.3 Å². The minimum absolute atomic E-state index is 0.0577. The monoisotopic (exact) mass is 416 g/mol. The first-order chi connectivity index (χ1) is 15.1. The van der Waals surface area contributed by atoms with Crippen LogP contribution in [0.2, 0.25) is 0 Å². The van der Waals surface area contributed by atoms with Crippen LogP contribution in [0.1, 0.15) is 21.5 Å². The molecule has 0 saturated heterocycles. The number of nitrogens with zero attached hydrogens (tertiary/aromatic N) is 4. The summed E-state index contributed by atoms with van der Waals surface area (Å²) in [4.78, 5) is 19.1. The number of pyridine rings is 1. The number of benzene rings is 2. The van der Waals surface area contributed by atoms with Gasteiger partial charge in [-0.15, -0.1) is 0 Å². The summed E-state index contributed by atoms with van der Waals surface area (Å²) in [7, 11) is 0. The molecule has 5 rings (SSSR count). The quantitative estimate of drug-likeness (QED) is 0.497. The molecule has 0 unspecified atom stereocenters. The summed E-state index contributed by atoms with van der Waals surface area (Å²) in [5.41, 5.74) is 4.38. The van der Waals surface area contributed by atoms with Crippen molar-refractivity contribution < 1.29 is 13.6 Å². The topological polar surface area (TPSA) is 51.0 Å². The molecule has 5 nitrogen and oxygen atoms in total. The van der Waals surface area contributed by atoms with Crippen LogP contribution in [0.5, 0.6) is 0 Å². The molecule has 1 amide bonds. The van der Waals surface area contributed by atoms with Gasteiger partial charge in [-0.2, -0.15) is 5.10 Å². The third-order valence-corrected chi connectivity index (χ3v) is 5.46. The molecule has 2 aromatic carbocycles. The maximum Gasteiger partial charge on any atom is 0.255 e. The number of hydrogen-bond donors (Lipinski definition) is 0. The summed E-state index contributed by atoms with van der Waals surface area (Å²) in [6.45, 7) is 1.26. The molecule has 3 heterocycles. The van der Waals surface area contributed by atoms with Gasteiger partial charge in [0.1, 0.15) is 11.5 Å². The van der Waals surface area contributed by atoms with E-state index in [1.165, 1.54) is 27.9 Å². The minimum atomic E-state index is -0.702. The van der Waals surface area contributed by atoms with E-state index in [9.17, 15) is 13.6 Å². The lowest BCUT2D eigenvalue weighted by Crippen LogP contribution is -2.35. The summed E-state index contributed by atoms with van der Waals surface area (Å²) in [6.07, 6.45) is 5.55. The van der Waals surface area contributed by atoms with Crippen molar-refractivity contribution in [3.05, 3.63) is 102 Å². The van der Waals surface area contributed by atoms with E-state index >= 15 is 0 Å². The van der Waals surface area contributed by atoms with Crippen molar-refractivity contribution in [1.29, 1.82) is 0 Å². The number of carbonyl (C=O) groups is 1. The third kappa shape index (κ3) is 3.70. The zero-order valence-corrected chi connectivity index (χ0v) is 16.5. The maximum absolute atomic E-state index is 14.0. The summed E-state index contributed by atoms with van der Waals surface area (Å²) in [5, 5.41) is 4.14. The van der Waals surface area contributed by atoms with E-state index in [-0.39, 0.29) is 11.6 Å². The molecule has 0 fully saturated rings. The van der Waals surface area contributed by atoms with Gasteiger partial charge in [-0.05, 0) is 41.8 Å². The van der Waals surface area contributed by atoms with Crippen LogP contribution in [-0.2, 0) is 13.0 Å². The summed E-state index contributed by atoms with van der Waals surface area (Å²) in [6, 6.07) is 15.0. The van der Waals surface area contributed by atoms with Crippen LogP contribution < -0.4 is 0 Å². The molecule has 1 aliphatic heterocycles. The van der Waals surface area contributed by atoms with Crippen LogP contribution in [0.4, 0.5) is 8.78 Å². The normalized spacial score (nSPS) is 13.2. The lowest BCUT2D eigenvalue weighted by atomic mass is 9.99. The fraction of sp³-hybridized carbons (Fsp3) is 0.125. The van der Waals surface area contributed by atoms with Crippen LogP contribution in [0.15, 0.2) is 73.2 Å². The first kappa shape index (κ1) is 19.1. The smallest absolute Gasteiger partial charge is 0.255 e. The van der Waals surface area contributed by atoms with Crippen LogP contribution in [0.25, 0.3) is 16.9 Å². The average Bonchev–Trinajstić information content (AvgIpc) is 3.28. The van der Waals surface area contributed by atoms with Crippen molar-refractivity contribution in [2.45, 2.75) is 13.0 Å². The molecule has 0 spiro atoms. The molecule has 154 valence electrons. The van der Waals surface area contributed by atoms with Crippen molar-refractivity contribution in [3.8, 4) is 16.9 Å². The largest absolute Gasteiger partial charge is 0.334 e. The zero-order chi connectivity index (χ0) is 21.4. The standard InChI is InChI=1S/C24H18F2N4O/c25-20-6-8-23(21(26)11-20)30-15-19(13-28-30)22-7-5-17(12-27-22)24(31)29-10-9-16-3-1-2-4-18(16)14-29/h1-8,11-13,15H,9-10,14H2. The highest BCUT2D eigenvalue weighted by Gasteiger charge is 2.22. The summed E-state index contributed by atoms with van der Waals surface area (Å²) >= 11 is 0. The van der Waals surface area contributed by atoms with E-state index in [2.05, 4.69) is 22.2 Å². The highest BCUT2D eigenvalue weighted by molar-refractivity contribution is 5.94. The molecule has 0 radical (unpaired) electrons. The third-order valence-electron chi connectivity index (χ3n) is 5.46. The van der Waals surface area contributed by atoms with Gasteiger partial charge >= 0.3 is 0 Å². The molecule has 0 N–H and O–H groups in total. The Balaban J connectivity index is 1.34. The first-order valence-corrected chi connectivity index (χ1v) is 9.91. The predicted molar refractivity (Wildman–Crippen MR) is 112 cm³/mol. The SMILES string of the molecule is O=C(c1ccc(-c2cnn(-c3ccc(F)cc3F)c2)nc1)N1CCc2ccccc2C1. The Morgan fingerprint density at radius 3 is 2.58 bits per heavy atom. The van der Waals surface area contributed by atoms with Crippen LogP contribution in [0, 0.1) is 11.6 Å². The maximum atomic E-state index is 14.0. The summed E-state index contributed by atoms with van der Waals surface area (Å²) < 4.78 is 28.5. The molecule has 7 heteroatoms. The Morgan fingerprint density at radius 1 is 0.968 bits per heavy atom. The molecule has 0 aliphatic carbocycles. The summed E-state index contributed by atoms with van der Waals surface area (Å²) in [5.74, 6) is -1.41. The fourth-order valence-electron chi connectivity index (χ4n) is 3.80. The van der Waals surface area contributed by atoms with E-state index in [0.717, 1.165) is 12.5 Å². The molecule has 0 bridgehead atoms. The van der Waals surface area contributed by atoms with Gasteiger partial charge in [0.05, 0.1) is 17.5 Å². The molecular formula is C24H18F2N4O. The van der Waals surface area contributed by atoms with Crippen molar-refractivity contribution in [1.82, 2.24) is 19.7 Å². The lowest BCUT2D eigenvalue weighted by Gasteiger charge is -2.28. The molecule has 2 aromatic heterocycles. The van der Waals surface area contributed by atoms with Crippen LogP contribution in [0.3, 0.4) is 0 Å². The second-order valence-corrected chi connectivity index (χ2v) is 7.45. The molecular weight excluding hydrogens is 398 g/mol. The number of rotatable bonds is 3. The van der Waals surface area contributed by atoms with Gasteiger partial charge in [-0.3, -0.25) is 9.78 Å². The van der Waals surface area contributed by atoms with E-state index in [1.54, 1.807) is 30.7 Å². The Labute approximate surface area is 177 Å². The highest BCUT2D eigenvalue weighted by Crippen LogP contribution is 2.23. The Hall–Kier alpha value is -3.87. The van der Waals surface area contributed by atoms with Crippen molar-refractivity contribution in [2.24, 2.45) is 0 Å². The van der Waals surface area contributed by atoms with Crippen LogP contribution in [-0.4, -0.2) is 32.1 Å². The van der Waals surface area contributed by atoms with Gasteiger partial charge in [0.25, 0.3) is 5.91 Å². The van der Waals surface area contributed by atoms with Crippen molar-refractivity contribution in [3.63, 3.8) is 0 Å². The van der Waals surface area contributed by atoms with Gasteiger partial charge in [0.15, 0.2) is 5.82 Å². The van der Waals surface area contributed by atoms with Crippen molar-refractivity contribution in [2.75, 3.05) is 6.54 Å². The van der Waals surface area contributed by atoms with E-state index in [0.29, 0.717) is 29.9 Å². The number of amides is 1. The fourth-order valence-corrected chi connectivity index (χ4v) is 3.80. The average molecular weight is 416 g/mol. The van der Waals surface area contributed by atoms with E-state index < -0.39 is 11.6 Å². The van der Waals surface area contributed by atoms with Gasteiger partial charge in [0, 0.05) is 37.1 Å². The molecule has 0 saturated carbocycles. The minimum Gasteiger partial charge on any atom is -0.334 e.